The Balaban J connectivity index is 0.000000186. The van der Waals surface area contributed by atoms with Gasteiger partial charge in [-0.15, -0.1) is 0 Å². The minimum absolute atomic E-state index is 0.0258. The summed E-state index contributed by atoms with van der Waals surface area (Å²) in [6.07, 6.45) is 16.7. The molecule has 4 atom stereocenters. The summed E-state index contributed by atoms with van der Waals surface area (Å²) in [5.41, 5.74) is 15.4. The summed E-state index contributed by atoms with van der Waals surface area (Å²) in [5.74, 6) is 0.965. The van der Waals surface area contributed by atoms with Gasteiger partial charge in [-0.3, -0.25) is 9.59 Å². The number of anilines is 6. The van der Waals surface area contributed by atoms with E-state index in [0.717, 1.165) is 63.8 Å². The molecule has 6 aromatic rings. The molecule has 62 heavy (non-hydrogen) atoms. The van der Waals surface area contributed by atoms with Gasteiger partial charge in [-0.2, -0.15) is 9.97 Å². The zero-order valence-corrected chi connectivity index (χ0v) is 34.4. The summed E-state index contributed by atoms with van der Waals surface area (Å²) >= 11 is 0. The van der Waals surface area contributed by atoms with Crippen LogP contribution in [0.5, 0.6) is 0 Å². The number of rotatable bonds is 12. The number of nitrogens with one attached hydrogen (secondary N) is 4. The zero-order valence-electron chi connectivity index (χ0n) is 34.4. The van der Waals surface area contributed by atoms with Gasteiger partial charge in [0.05, 0.1) is 23.5 Å². The van der Waals surface area contributed by atoms with Crippen LogP contribution < -0.4 is 32.7 Å². The van der Waals surface area contributed by atoms with E-state index in [1.54, 1.807) is 24.5 Å². The summed E-state index contributed by atoms with van der Waals surface area (Å²) in [4.78, 5) is 58.2. The first-order valence-corrected chi connectivity index (χ1v) is 20.5. The number of Topliss-reactive ketones (excluding diaryl/α,β-unsaturated/α-hetero) is 2. The minimum atomic E-state index is -0.497. The summed E-state index contributed by atoms with van der Waals surface area (Å²) in [7, 11) is 0. The van der Waals surface area contributed by atoms with E-state index in [-0.39, 0.29) is 35.7 Å². The van der Waals surface area contributed by atoms with E-state index < -0.39 is 11.6 Å². The fraction of sp³-hybridized carbons (Fsp3) is 0.318. The van der Waals surface area contributed by atoms with Gasteiger partial charge in [0.1, 0.15) is 17.5 Å². The van der Waals surface area contributed by atoms with E-state index in [4.69, 9.17) is 11.5 Å². The number of nitrogens with two attached hydrogens (primary N) is 2. The van der Waals surface area contributed by atoms with Gasteiger partial charge in [-0.1, -0.05) is 37.8 Å². The SMILES string of the molecule is CC(=O)c1cnc(N[C@@H]2CCCC[C@@H]2N)nc1Nc1cc(F)cc(-c2ncccn2)c1.CC(=O)c1cnc(N[C@@H]2CCCC[C@@H]2N)nc1Nc1cccc(-c2ncc(F)cn2)c1. The Morgan fingerprint density at radius 2 is 1.10 bits per heavy atom. The fourth-order valence-electron chi connectivity index (χ4n) is 7.33. The zero-order chi connectivity index (χ0) is 43.6. The number of carbonyl (C=O) groups is 2. The molecule has 320 valence electrons. The molecule has 4 heterocycles. The maximum absolute atomic E-state index is 14.3. The third-order valence-electron chi connectivity index (χ3n) is 10.6. The largest absolute Gasteiger partial charge is 0.350 e. The topological polar surface area (TPSA) is 237 Å². The number of hydrogen-bond donors (Lipinski definition) is 6. The third-order valence-corrected chi connectivity index (χ3v) is 10.6. The van der Waals surface area contributed by atoms with Crippen molar-refractivity contribution in [1.82, 2.24) is 39.9 Å². The van der Waals surface area contributed by atoms with E-state index >= 15 is 0 Å². The Kier molecular flexibility index (Phi) is 14.0. The molecule has 2 saturated carbocycles. The molecule has 8 N–H and O–H groups in total. The molecule has 2 aliphatic carbocycles. The monoisotopic (exact) mass is 842 g/mol. The van der Waals surface area contributed by atoms with Crippen LogP contribution in [-0.4, -0.2) is 75.6 Å². The third kappa shape index (κ3) is 11.3. The second-order valence-corrected chi connectivity index (χ2v) is 15.3. The van der Waals surface area contributed by atoms with Crippen LogP contribution >= 0.6 is 0 Å². The molecule has 8 rings (SSSR count). The molecule has 0 amide bonds. The van der Waals surface area contributed by atoms with E-state index in [0.29, 0.717) is 68.8 Å². The number of nitrogens with zero attached hydrogens (tertiary/aromatic N) is 8. The van der Waals surface area contributed by atoms with Gasteiger partial charge < -0.3 is 32.7 Å². The van der Waals surface area contributed by atoms with Crippen LogP contribution in [0.15, 0.2) is 85.7 Å². The highest BCUT2D eigenvalue weighted by molar-refractivity contribution is 6.00. The van der Waals surface area contributed by atoms with Crippen molar-refractivity contribution in [1.29, 1.82) is 0 Å². The lowest BCUT2D eigenvalue weighted by atomic mass is 9.91. The second kappa shape index (κ2) is 20.1. The molecule has 2 fully saturated rings. The normalized spacial score (nSPS) is 18.4. The van der Waals surface area contributed by atoms with Crippen LogP contribution in [0.4, 0.5) is 43.7 Å². The predicted molar refractivity (Wildman–Crippen MR) is 233 cm³/mol. The number of benzene rings is 2. The first kappa shape index (κ1) is 43.2. The number of ketones is 2. The van der Waals surface area contributed by atoms with E-state index in [2.05, 4.69) is 61.1 Å². The standard InChI is InChI=1S/2C22H24FN7O/c1-13(31)17-12-27-22(29-19-8-3-2-7-18(19)24)30-21(17)28-16-6-4-5-14(9-16)20-25-10-15(23)11-26-20;1-13(31)17-12-27-22(29-19-6-3-2-5-18(19)24)30-21(17)28-16-10-14(9-15(23)11-16)20-25-7-4-8-26-20/h4-6,9-12,18-19H,2-3,7-8,24H2,1H3,(H2,27,28,29,30);4,7-12,18-19H,2-3,5-6,24H2,1H3,(H2,27,28,29,30)/t2*18-,19+/m00/s1. The summed E-state index contributed by atoms with van der Waals surface area (Å²) in [5, 5.41) is 12.8. The Morgan fingerprint density at radius 3 is 1.65 bits per heavy atom. The van der Waals surface area contributed by atoms with Crippen molar-refractivity contribution in [3.05, 3.63) is 108 Å². The molecule has 0 bridgehead atoms. The molecule has 0 spiro atoms. The molecular formula is C44H48F2N14O2. The molecule has 0 saturated heterocycles. The predicted octanol–water partition coefficient (Wildman–Crippen LogP) is 7.40. The second-order valence-electron chi connectivity index (χ2n) is 15.3. The summed E-state index contributed by atoms with van der Waals surface area (Å²) in [6.45, 7) is 2.90. The maximum atomic E-state index is 14.3. The molecule has 0 radical (unpaired) electrons. The van der Waals surface area contributed by atoms with Crippen molar-refractivity contribution >= 4 is 46.5 Å². The van der Waals surface area contributed by atoms with Gasteiger partial charge in [-0.25, -0.2) is 38.7 Å². The van der Waals surface area contributed by atoms with Gasteiger partial charge in [-0.05, 0) is 75.9 Å². The van der Waals surface area contributed by atoms with E-state index in [9.17, 15) is 18.4 Å². The number of halogens is 2. The smallest absolute Gasteiger partial charge is 0.224 e. The van der Waals surface area contributed by atoms with Crippen molar-refractivity contribution in [2.75, 3.05) is 21.3 Å². The van der Waals surface area contributed by atoms with Crippen LogP contribution in [-0.2, 0) is 0 Å². The molecule has 18 heteroatoms. The van der Waals surface area contributed by atoms with Gasteiger partial charge in [0.15, 0.2) is 29.0 Å². The van der Waals surface area contributed by atoms with Gasteiger partial charge in [0, 0.05) is 71.5 Å². The van der Waals surface area contributed by atoms with Gasteiger partial charge in [0.2, 0.25) is 11.9 Å². The summed E-state index contributed by atoms with van der Waals surface area (Å²) in [6, 6.07) is 13.6. The van der Waals surface area contributed by atoms with Crippen LogP contribution in [0.2, 0.25) is 0 Å². The van der Waals surface area contributed by atoms with Crippen molar-refractivity contribution < 1.29 is 18.4 Å². The van der Waals surface area contributed by atoms with Crippen molar-refractivity contribution in [2.45, 2.75) is 89.4 Å². The van der Waals surface area contributed by atoms with Crippen molar-refractivity contribution in [3.63, 3.8) is 0 Å². The maximum Gasteiger partial charge on any atom is 0.224 e. The molecule has 2 aromatic carbocycles. The Labute approximate surface area is 357 Å². The lowest BCUT2D eigenvalue weighted by molar-refractivity contribution is 0.100. The molecular weight excluding hydrogens is 795 g/mol. The number of aromatic nitrogens is 8. The van der Waals surface area contributed by atoms with Crippen LogP contribution in [0, 0.1) is 11.6 Å². The first-order valence-electron chi connectivity index (χ1n) is 20.5. The average molecular weight is 843 g/mol. The van der Waals surface area contributed by atoms with Gasteiger partial charge in [0.25, 0.3) is 0 Å². The molecule has 4 aromatic heterocycles. The molecule has 16 nitrogen and oxygen atoms in total. The quantitative estimate of drug-likeness (QED) is 0.0658. The van der Waals surface area contributed by atoms with E-state index in [1.807, 2.05) is 24.3 Å². The molecule has 0 aliphatic heterocycles. The number of carbonyl (C=O) groups excluding carboxylic acids is 2. The van der Waals surface area contributed by atoms with Crippen molar-refractivity contribution in [3.8, 4) is 22.8 Å². The molecule has 2 aliphatic rings. The highest BCUT2D eigenvalue weighted by Crippen LogP contribution is 2.28. The fourth-order valence-corrected chi connectivity index (χ4v) is 7.33. The summed E-state index contributed by atoms with van der Waals surface area (Å²) < 4.78 is 27.4. The van der Waals surface area contributed by atoms with Crippen LogP contribution in [0.3, 0.4) is 0 Å². The minimum Gasteiger partial charge on any atom is -0.350 e. The van der Waals surface area contributed by atoms with Crippen molar-refractivity contribution in [2.24, 2.45) is 11.5 Å². The van der Waals surface area contributed by atoms with Crippen LogP contribution in [0.25, 0.3) is 22.8 Å². The average Bonchev–Trinajstić information content (AvgIpc) is 3.26. The highest BCUT2D eigenvalue weighted by Gasteiger charge is 2.25. The Morgan fingerprint density at radius 1 is 0.581 bits per heavy atom. The van der Waals surface area contributed by atoms with Crippen LogP contribution in [0.1, 0.15) is 85.9 Å². The number of hydrogen-bond acceptors (Lipinski definition) is 16. The lowest BCUT2D eigenvalue weighted by Crippen LogP contribution is -2.43. The highest BCUT2D eigenvalue weighted by atomic mass is 19.1. The Hall–Kier alpha value is -6.92. The van der Waals surface area contributed by atoms with E-state index in [1.165, 1.54) is 38.4 Å². The first-order chi connectivity index (χ1) is 30.0. The van der Waals surface area contributed by atoms with Gasteiger partial charge >= 0.3 is 0 Å². The lowest BCUT2D eigenvalue weighted by Gasteiger charge is -2.29. The molecule has 0 unspecified atom stereocenters. The Bertz CT molecular complexity index is 2500.